The highest BCUT2D eigenvalue weighted by atomic mass is 16.4. The van der Waals surface area contributed by atoms with Crippen LogP contribution in [0.1, 0.15) is 66.3 Å². The highest BCUT2D eigenvalue weighted by Gasteiger charge is 2.21. The Kier molecular flexibility index (Phi) is 12.7. The zero-order valence-corrected chi connectivity index (χ0v) is 22.4. The third-order valence-corrected chi connectivity index (χ3v) is 6.62. The van der Waals surface area contributed by atoms with E-state index in [9.17, 15) is 9.59 Å². The fraction of sp³-hybridized carbons (Fsp3) is 0.367. The highest BCUT2D eigenvalue weighted by molar-refractivity contribution is 5.99. The zero-order chi connectivity index (χ0) is 27.9. The number of benzene rings is 2. The molecule has 3 unspecified atom stereocenters. The summed E-state index contributed by atoms with van der Waals surface area (Å²) in [6.07, 6.45) is 8.15. The van der Waals surface area contributed by atoms with Crippen molar-refractivity contribution in [2.45, 2.75) is 52.5 Å². The van der Waals surface area contributed by atoms with Crippen molar-refractivity contribution in [1.82, 2.24) is 10.3 Å². The van der Waals surface area contributed by atoms with E-state index in [1.54, 1.807) is 48.5 Å². The summed E-state index contributed by atoms with van der Waals surface area (Å²) in [5, 5.41) is 16.2. The van der Waals surface area contributed by atoms with Crippen LogP contribution in [-0.4, -0.2) is 34.6 Å². The van der Waals surface area contributed by atoms with Crippen molar-refractivity contribution >= 4 is 22.8 Å². The molecule has 8 heteroatoms. The summed E-state index contributed by atoms with van der Waals surface area (Å²) in [6.45, 7) is 11.3. The van der Waals surface area contributed by atoms with Crippen LogP contribution in [0.4, 0.5) is 0 Å². The first-order chi connectivity index (χ1) is 18.4. The number of carbonyl (C=O) groups is 2. The molecule has 1 saturated heterocycles. The number of aromatic carboxylic acids is 1. The Balaban J connectivity index is 0.000000387. The summed E-state index contributed by atoms with van der Waals surface area (Å²) >= 11 is 0. The number of amides is 1. The van der Waals surface area contributed by atoms with Crippen molar-refractivity contribution < 1.29 is 14.7 Å². The lowest BCUT2D eigenvalue weighted by Gasteiger charge is -2.29. The van der Waals surface area contributed by atoms with Gasteiger partial charge in [0.25, 0.3) is 0 Å². The number of carbonyl (C=O) groups excluding carboxylic acids is 1. The van der Waals surface area contributed by atoms with E-state index >= 15 is 0 Å². The van der Waals surface area contributed by atoms with E-state index in [1.165, 1.54) is 0 Å². The molecule has 4 rings (SSSR count). The number of rotatable bonds is 5. The van der Waals surface area contributed by atoms with Crippen LogP contribution in [0.2, 0.25) is 0 Å². The molecule has 1 amide bonds. The van der Waals surface area contributed by atoms with Crippen molar-refractivity contribution in [2.75, 3.05) is 6.54 Å². The molecule has 2 heterocycles. The first-order valence-corrected chi connectivity index (χ1v) is 13.0. The largest absolute Gasteiger partial charge is 0.478 e. The fourth-order valence-electron chi connectivity index (χ4n) is 4.49. The summed E-state index contributed by atoms with van der Waals surface area (Å²) in [5.41, 5.74) is 11.2. The van der Waals surface area contributed by atoms with Crippen LogP contribution < -0.4 is 5.32 Å². The van der Waals surface area contributed by atoms with Crippen molar-refractivity contribution in [3.63, 3.8) is 0 Å². The molecule has 200 valence electrons. The van der Waals surface area contributed by atoms with Gasteiger partial charge in [0.05, 0.1) is 11.1 Å². The van der Waals surface area contributed by atoms with E-state index < -0.39 is 11.9 Å². The highest BCUT2D eigenvalue weighted by Crippen LogP contribution is 2.27. The molecule has 1 aromatic heterocycles. The van der Waals surface area contributed by atoms with Crippen LogP contribution in [0.15, 0.2) is 78.6 Å². The lowest BCUT2D eigenvalue weighted by molar-refractivity contribution is 0.0696. The predicted molar refractivity (Wildman–Crippen MR) is 152 cm³/mol. The van der Waals surface area contributed by atoms with Gasteiger partial charge < -0.3 is 10.4 Å². The molecule has 1 aliphatic rings. The number of hydrogen-bond acceptors (Lipinski definition) is 4. The van der Waals surface area contributed by atoms with Gasteiger partial charge in [-0.05, 0) is 96.7 Å². The van der Waals surface area contributed by atoms with Gasteiger partial charge in [-0.2, -0.15) is 0 Å². The Morgan fingerprint density at radius 3 is 2.50 bits per heavy atom. The fourth-order valence-corrected chi connectivity index (χ4v) is 4.49. The normalized spacial score (nSPS) is 18.7. The number of nitrogens with zero attached hydrogens (tertiary/aromatic N) is 4. The number of carboxylic acids is 1. The van der Waals surface area contributed by atoms with E-state index in [0.29, 0.717) is 29.0 Å². The van der Waals surface area contributed by atoms with Crippen LogP contribution >= 0.6 is 0 Å². The summed E-state index contributed by atoms with van der Waals surface area (Å²) in [5.74, 6) is -0.222. The van der Waals surface area contributed by atoms with E-state index in [2.05, 4.69) is 39.9 Å². The van der Waals surface area contributed by atoms with Gasteiger partial charge in [0.1, 0.15) is 0 Å². The number of fused-ring (bicyclic) bond motifs is 1. The Morgan fingerprint density at radius 2 is 1.87 bits per heavy atom. The number of hydrogen-bond donors (Lipinski definition) is 2. The monoisotopic (exact) mass is 515 g/mol. The summed E-state index contributed by atoms with van der Waals surface area (Å²) in [7, 11) is 0. The Hall–Kier alpha value is -4.00. The SMILES string of the molecule is C=CC1CCC(Cc2ccnc3ccc(C(=O)N=[N+]=[N-])cc23)NCCC1C.CC.O=C(O)c1ccccc1. The van der Waals surface area contributed by atoms with E-state index in [-0.39, 0.29) is 0 Å². The molecule has 1 aliphatic heterocycles. The Labute approximate surface area is 224 Å². The van der Waals surface area contributed by atoms with E-state index in [0.717, 1.165) is 48.7 Å². The van der Waals surface area contributed by atoms with E-state index in [4.69, 9.17) is 10.6 Å². The molecule has 0 aliphatic carbocycles. The second kappa shape index (κ2) is 16.0. The number of aromatic nitrogens is 1. The smallest absolute Gasteiger partial charge is 0.335 e. The first kappa shape index (κ1) is 30.2. The third kappa shape index (κ3) is 8.83. The number of pyridine rings is 1. The van der Waals surface area contributed by atoms with Crippen molar-refractivity contribution in [3.8, 4) is 0 Å². The molecule has 38 heavy (non-hydrogen) atoms. The predicted octanol–water partition coefficient (Wildman–Crippen LogP) is 7.22. The molecule has 8 nitrogen and oxygen atoms in total. The van der Waals surface area contributed by atoms with Gasteiger partial charge in [-0.1, -0.05) is 45.0 Å². The van der Waals surface area contributed by atoms with Crippen LogP contribution in [0.5, 0.6) is 0 Å². The van der Waals surface area contributed by atoms with Gasteiger partial charge in [0, 0.05) is 28.1 Å². The number of allylic oxidation sites excluding steroid dienone is 1. The lowest BCUT2D eigenvalue weighted by Crippen LogP contribution is -2.36. The maximum absolute atomic E-state index is 11.9. The van der Waals surface area contributed by atoms with Gasteiger partial charge in [0.15, 0.2) is 0 Å². The Morgan fingerprint density at radius 1 is 1.13 bits per heavy atom. The van der Waals surface area contributed by atoms with Crippen LogP contribution in [0.25, 0.3) is 21.3 Å². The summed E-state index contributed by atoms with van der Waals surface area (Å²) < 4.78 is 0. The van der Waals surface area contributed by atoms with Crippen LogP contribution in [0, 0.1) is 11.8 Å². The summed E-state index contributed by atoms with van der Waals surface area (Å²) in [4.78, 5) is 29.1. The molecule has 0 saturated carbocycles. The average Bonchev–Trinajstić information content (AvgIpc) is 2.94. The van der Waals surface area contributed by atoms with Crippen LogP contribution in [0.3, 0.4) is 0 Å². The molecule has 3 atom stereocenters. The zero-order valence-electron chi connectivity index (χ0n) is 22.4. The second-order valence-electron chi connectivity index (χ2n) is 8.97. The third-order valence-electron chi connectivity index (χ3n) is 6.62. The topological polar surface area (TPSA) is 128 Å². The minimum Gasteiger partial charge on any atom is -0.478 e. The molecule has 2 N–H and O–H groups in total. The van der Waals surface area contributed by atoms with Crippen molar-refractivity contribution in [2.24, 2.45) is 17.0 Å². The maximum Gasteiger partial charge on any atom is 0.335 e. The number of nitrogens with one attached hydrogen (secondary N) is 1. The molecule has 2 aromatic carbocycles. The van der Waals surface area contributed by atoms with Gasteiger partial charge in [0.2, 0.25) is 5.91 Å². The lowest BCUT2D eigenvalue weighted by atomic mass is 9.83. The van der Waals surface area contributed by atoms with Gasteiger partial charge in [-0.3, -0.25) is 9.78 Å². The standard InChI is InChI=1S/C21H25N5O.C7H6O2.C2H6/c1-3-15-4-6-18(23-10-8-14(15)2)12-16-9-11-24-20-7-5-17(13-19(16)20)21(27)25-26-22;8-7(9)6-4-2-1-3-5-6;1-2/h3,5,7,9,11,13-15,18,23H,1,4,6,8,10,12H2,2H3;1-5H,(H,8,9);1-2H3. The van der Waals surface area contributed by atoms with E-state index in [1.807, 2.05) is 26.1 Å². The van der Waals surface area contributed by atoms with Crippen molar-refractivity contribution in [3.05, 3.63) is 101 Å². The average molecular weight is 516 g/mol. The van der Waals surface area contributed by atoms with Gasteiger partial charge >= 0.3 is 5.97 Å². The quantitative estimate of drug-likeness (QED) is 0.160. The first-order valence-electron chi connectivity index (χ1n) is 13.0. The molecular weight excluding hydrogens is 478 g/mol. The molecule has 0 bridgehead atoms. The minimum absolute atomic E-state index is 0.331. The van der Waals surface area contributed by atoms with Gasteiger partial charge in [-0.25, -0.2) is 4.79 Å². The molecule has 1 fully saturated rings. The minimum atomic E-state index is -0.879. The van der Waals surface area contributed by atoms with Crippen LogP contribution in [-0.2, 0) is 6.42 Å². The van der Waals surface area contributed by atoms with Gasteiger partial charge in [-0.15, -0.1) is 6.58 Å². The number of azide groups is 1. The maximum atomic E-state index is 11.9. The summed E-state index contributed by atoms with van der Waals surface area (Å²) in [6, 6.07) is 15.9. The molecular formula is C30H37N5O3. The Bertz CT molecular complexity index is 1260. The number of carboxylic acid groups (broad SMARTS) is 1. The molecule has 3 aromatic rings. The molecule has 0 radical (unpaired) electrons. The van der Waals surface area contributed by atoms with Crippen molar-refractivity contribution in [1.29, 1.82) is 0 Å². The second-order valence-corrected chi connectivity index (χ2v) is 8.97. The molecule has 0 spiro atoms.